The number of nitrogens with zero attached hydrogens (tertiary/aromatic N) is 2. The molecular formula is C20H23N3O3S. The standard InChI is InChI=1S/C20H23N3O3S/c1-4-20(24)23-19(17-8-6-5-7-14(17)2)13-18(21-23)15-9-11-16(12-10-15)22-27(3,25)26/h5-12,19,22H,4,13H2,1-3H3/t19-/m1/s1. The van der Waals surface area contributed by atoms with Gasteiger partial charge in [-0.3, -0.25) is 9.52 Å². The molecule has 142 valence electrons. The molecule has 0 bridgehead atoms. The number of rotatable bonds is 5. The summed E-state index contributed by atoms with van der Waals surface area (Å²) in [6, 6.07) is 14.9. The summed E-state index contributed by atoms with van der Waals surface area (Å²) in [6.07, 6.45) is 2.12. The van der Waals surface area contributed by atoms with Crippen LogP contribution in [0, 0.1) is 6.92 Å². The second-order valence-corrected chi connectivity index (χ2v) is 8.42. The molecule has 0 spiro atoms. The lowest BCUT2D eigenvalue weighted by Gasteiger charge is -2.23. The molecule has 2 aromatic rings. The van der Waals surface area contributed by atoms with Crippen LogP contribution in [0.1, 0.15) is 42.5 Å². The summed E-state index contributed by atoms with van der Waals surface area (Å²) in [5, 5.41) is 6.18. The molecule has 0 fully saturated rings. The first-order chi connectivity index (χ1) is 12.8. The fourth-order valence-corrected chi connectivity index (χ4v) is 3.79. The summed E-state index contributed by atoms with van der Waals surface area (Å²) in [5.41, 5.74) is 4.40. The van der Waals surface area contributed by atoms with E-state index in [1.165, 1.54) is 0 Å². The van der Waals surface area contributed by atoms with Gasteiger partial charge in [0.2, 0.25) is 15.9 Å². The van der Waals surface area contributed by atoms with E-state index in [2.05, 4.69) is 9.82 Å². The Morgan fingerprint density at radius 3 is 2.44 bits per heavy atom. The van der Waals surface area contributed by atoms with Crippen molar-refractivity contribution < 1.29 is 13.2 Å². The van der Waals surface area contributed by atoms with Crippen molar-refractivity contribution in [2.24, 2.45) is 5.10 Å². The maximum atomic E-state index is 12.4. The number of sulfonamides is 1. The van der Waals surface area contributed by atoms with Gasteiger partial charge in [0.15, 0.2) is 0 Å². The van der Waals surface area contributed by atoms with Gasteiger partial charge in [-0.1, -0.05) is 43.3 Å². The van der Waals surface area contributed by atoms with E-state index < -0.39 is 10.0 Å². The number of hydrogen-bond donors (Lipinski definition) is 1. The van der Waals surface area contributed by atoms with Gasteiger partial charge in [0.05, 0.1) is 18.0 Å². The molecule has 1 aliphatic heterocycles. The summed E-state index contributed by atoms with van der Waals surface area (Å²) in [7, 11) is -3.32. The molecule has 1 amide bonds. The van der Waals surface area contributed by atoms with Gasteiger partial charge in [-0.05, 0) is 35.7 Å². The molecule has 1 heterocycles. The molecule has 0 unspecified atom stereocenters. The van der Waals surface area contributed by atoms with Gasteiger partial charge in [0, 0.05) is 18.5 Å². The van der Waals surface area contributed by atoms with Crippen LogP contribution in [-0.4, -0.2) is 31.3 Å². The highest BCUT2D eigenvalue weighted by molar-refractivity contribution is 7.92. The van der Waals surface area contributed by atoms with E-state index in [4.69, 9.17) is 0 Å². The molecule has 0 aliphatic carbocycles. The fourth-order valence-electron chi connectivity index (χ4n) is 3.22. The van der Waals surface area contributed by atoms with Crippen LogP contribution in [0.15, 0.2) is 53.6 Å². The Kier molecular flexibility index (Phi) is 5.32. The quantitative estimate of drug-likeness (QED) is 0.856. The topological polar surface area (TPSA) is 78.8 Å². The van der Waals surface area contributed by atoms with Crippen LogP contribution < -0.4 is 4.72 Å². The molecule has 0 aromatic heterocycles. The lowest BCUT2D eigenvalue weighted by atomic mass is 9.95. The predicted octanol–water partition coefficient (Wildman–Crippen LogP) is 3.45. The van der Waals surface area contributed by atoms with Gasteiger partial charge < -0.3 is 0 Å². The van der Waals surface area contributed by atoms with E-state index in [1.807, 2.05) is 50.2 Å². The number of aryl methyl sites for hydroxylation is 1. The fraction of sp³-hybridized carbons (Fsp3) is 0.300. The molecule has 6 nitrogen and oxygen atoms in total. The first-order valence-electron chi connectivity index (χ1n) is 8.82. The number of carbonyl (C=O) groups excluding carboxylic acids is 1. The third-order valence-electron chi connectivity index (χ3n) is 4.54. The minimum atomic E-state index is -3.32. The molecule has 7 heteroatoms. The Morgan fingerprint density at radius 2 is 1.85 bits per heavy atom. The smallest absolute Gasteiger partial charge is 0.242 e. The van der Waals surface area contributed by atoms with Crippen LogP contribution in [-0.2, 0) is 14.8 Å². The minimum absolute atomic E-state index is 0.0198. The number of hydrogen-bond acceptors (Lipinski definition) is 4. The third kappa shape index (κ3) is 4.36. The average Bonchev–Trinajstić information content (AvgIpc) is 3.06. The van der Waals surface area contributed by atoms with Crippen LogP contribution in [0.2, 0.25) is 0 Å². The number of carbonyl (C=O) groups is 1. The lowest BCUT2D eigenvalue weighted by Crippen LogP contribution is -2.26. The molecule has 2 aromatic carbocycles. The zero-order chi connectivity index (χ0) is 19.6. The van der Waals surface area contributed by atoms with E-state index in [1.54, 1.807) is 17.1 Å². The highest BCUT2D eigenvalue weighted by Crippen LogP contribution is 2.34. The monoisotopic (exact) mass is 385 g/mol. The predicted molar refractivity (Wildman–Crippen MR) is 107 cm³/mol. The Balaban J connectivity index is 1.90. The van der Waals surface area contributed by atoms with E-state index in [-0.39, 0.29) is 11.9 Å². The molecule has 27 heavy (non-hydrogen) atoms. The van der Waals surface area contributed by atoms with Crippen LogP contribution in [0.3, 0.4) is 0 Å². The molecule has 0 saturated heterocycles. The molecule has 1 N–H and O–H groups in total. The van der Waals surface area contributed by atoms with Gasteiger partial charge in [-0.15, -0.1) is 0 Å². The first kappa shape index (κ1) is 19.1. The molecular weight excluding hydrogens is 362 g/mol. The van der Waals surface area contributed by atoms with Crippen LogP contribution >= 0.6 is 0 Å². The number of amides is 1. The summed E-state index contributed by atoms with van der Waals surface area (Å²) in [5.74, 6) is -0.0198. The second kappa shape index (κ2) is 7.52. The molecule has 3 rings (SSSR count). The van der Waals surface area contributed by atoms with E-state index >= 15 is 0 Å². The number of hydrazone groups is 1. The Morgan fingerprint density at radius 1 is 1.19 bits per heavy atom. The Hall–Kier alpha value is -2.67. The number of benzene rings is 2. The van der Waals surface area contributed by atoms with E-state index in [0.717, 1.165) is 28.7 Å². The van der Waals surface area contributed by atoms with Crippen molar-refractivity contribution >= 4 is 27.3 Å². The zero-order valence-electron chi connectivity index (χ0n) is 15.6. The van der Waals surface area contributed by atoms with Gasteiger partial charge in [-0.2, -0.15) is 5.10 Å². The third-order valence-corrected chi connectivity index (χ3v) is 5.14. The van der Waals surface area contributed by atoms with Gasteiger partial charge in [0.25, 0.3) is 0 Å². The highest BCUT2D eigenvalue weighted by Gasteiger charge is 2.32. The van der Waals surface area contributed by atoms with Crippen molar-refractivity contribution in [2.75, 3.05) is 11.0 Å². The highest BCUT2D eigenvalue weighted by atomic mass is 32.2. The van der Waals surface area contributed by atoms with Crippen LogP contribution in [0.25, 0.3) is 0 Å². The largest absolute Gasteiger partial charge is 0.284 e. The maximum Gasteiger partial charge on any atom is 0.242 e. The van der Waals surface area contributed by atoms with Crippen LogP contribution in [0.5, 0.6) is 0 Å². The molecule has 1 aliphatic rings. The maximum absolute atomic E-state index is 12.4. The molecule has 0 radical (unpaired) electrons. The van der Waals surface area contributed by atoms with Crippen molar-refractivity contribution in [3.05, 3.63) is 65.2 Å². The normalized spacial score (nSPS) is 16.9. The van der Waals surface area contributed by atoms with Gasteiger partial charge in [0.1, 0.15) is 0 Å². The Labute approximate surface area is 159 Å². The molecule has 0 saturated carbocycles. The average molecular weight is 385 g/mol. The minimum Gasteiger partial charge on any atom is -0.284 e. The first-order valence-corrected chi connectivity index (χ1v) is 10.7. The summed E-state index contributed by atoms with van der Waals surface area (Å²) in [4.78, 5) is 12.4. The van der Waals surface area contributed by atoms with E-state index in [0.29, 0.717) is 18.5 Å². The van der Waals surface area contributed by atoms with Gasteiger partial charge >= 0.3 is 0 Å². The van der Waals surface area contributed by atoms with Crippen molar-refractivity contribution in [3.63, 3.8) is 0 Å². The second-order valence-electron chi connectivity index (χ2n) is 6.67. The summed E-state index contributed by atoms with van der Waals surface area (Å²) >= 11 is 0. The molecule has 1 atom stereocenters. The van der Waals surface area contributed by atoms with E-state index in [9.17, 15) is 13.2 Å². The summed E-state index contributed by atoms with van der Waals surface area (Å²) < 4.78 is 25.1. The zero-order valence-corrected chi connectivity index (χ0v) is 16.5. The van der Waals surface area contributed by atoms with Crippen LogP contribution in [0.4, 0.5) is 5.69 Å². The Bertz CT molecular complexity index is 982. The lowest BCUT2D eigenvalue weighted by molar-refractivity contribution is -0.132. The summed E-state index contributed by atoms with van der Waals surface area (Å²) in [6.45, 7) is 3.87. The number of nitrogens with one attached hydrogen (secondary N) is 1. The SMILES string of the molecule is CCC(=O)N1N=C(c2ccc(NS(C)(=O)=O)cc2)C[C@@H]1c1ccccc1C. The van der Waals surface area contributed by atoms with Gasteiger partial charge in [-0.25, -0.2) is 13.4 Å². The number of anilines is 1. The van der Waals surface area contributed by atoms with Crippen molar-refractivity contribution in [1.29, 1.82) is 0 Å². The van der Waals surface area contributed by atoms with Crippen molar-refractivity contribution in [1.82, 2.24) is 5.01 Å². The van der Waals surface area contributed by atoms with Crippen molar-refractivity contribution in [2.45, 2.75) is 32.7 Å². The van der Waals surface area contributed by atoms with Crippen molar-refractivity contribution in [3.8, 4) is 0 Å².